The molecule has 0 N–H and O–H groups in total. The zero-order valence-corrected chi connectivity index (χ0v) is 13.3. The standard InChI is InChI=1S/C20H23NO/c1-15-8-10-17(11-9-15)14-19-12-13-21(20(19)22)16(2)18-6-4-3-5-7-18/h3-11,16,19H,12-14H2,1-2H3/t16-,19+/m1/s1. The fourth-order valence-corrected chi connectivity index (χ4v) is 3.26. The van der Waals surface area contributed by atoms with E-state index in [4.69, 9.17) is 0 Å². The van der Waals surface area contributed by atoms with Gasteiger partial charge in [0.2, 0.25) is 5.91 Å². The molecule has 22 heavy (non-hydrogen) atoms. The molecule has 0 saturated carbocycles. The van der Waals surface area contributed by atoms with Crippen LogP contribution in [0, 0.1) is 12.8 Å². The van der Waals surface area contributed by atoms with Crippen LogP contribution in [0.5, 0.6) is 0 Å². The lowest BCUT2D eigenvalue weighted by atomic mass is 9.97. The summed E-state index contributed by atoms with van der Waals surface area (Å²) in [4.78, 5) is 14.8. The molecular weight excluding hydrogens is 270 g/mol. The van der Waals surface area contributed by atoms with Crippen molar-refractivity contribution in [2.45, 2.75) is 32.7 Å². The summed E-state index contributed by atoms with van der Waals surface area (Å²) in [5, 5.41) is 0. The lowest BCUT2D eigenvalue weighted by Crippen LogP contribution is -2.30. The Morgan fingerprint density at radius 2 is 1.77 bits per heavy atom. The van der Waals surface area contributed by atoms with Crippen LogP contribution in [0.15, 0.2) is 54.6 Å². The normalized spacial score (nSPS) is 19.5. The van der Waals surface area contributed by atoms with Gasteiger partial charge in [0.15, 0.2) is 0 Å². The van der Waals surface area contributed by atoms with Crippen molar-refractivity contribution in [3.8, 4) is 0 Å². The van der Waals surface area contributed by atoms with E-state index in [0.29, 0.717) is 5.91 Å². The minimum atomic E-state index is 0.133. The van der Waals surface area contributed by atoms with Crippen LogP contribution in [-0.4, -0.2) is 17.4 Å². The maximum Gasteiger partial charge on any atom is 0.226 e. The maximum atomic E-state index is 12.7. The van der Waals surface area contributed by atoms with Crippen LogP contribution in [0.3, 0.4) is 0 Å². The Hall–Kier alpha value is -2.09. The van der Waals surface area contributed by atoms with Crippen molar-refractivity contribution >= 4 is 5.91 Å². The van der Waals surface area contributed by atoms with Gasteiger partial charge >= 0.3 is 0 Å². The third-order valence-corrected chi connectivity index (χ3v) is 4.70. The predicted molar refractivity (Wildman–Crippen MR) is 89.6 cm³/mol. The molecule has 0 bridgehead atoms. The smallest absolute Gasteiger partial charge is 0.226 e. The first-order chi connectivity index (χ1) is 10.6. The van der Waals surface area contributed by atoms with Crippen LogP contribution in [0.2, 0.25) is 0 Å². The van der Waals surface area contributed by atoms with Gasteiger partial charge in [-0.05, 0) is 37.8 Å². The summed E-state index contributed by atoms with van der Waals surface area (Å²) in [5.74, 6) is 0.436. The van der Waals surface area contributed by atoms with E-state index in [9.17, 15) is 4.79 Å². The number of carbonyl (C=O) groups excluding carboxylic acids is 1. The average Bonchev–Trinajstić information content (AvgIpc) is 2.91. The van der Waals surface area contributed by atoms with Gasteiger partial charge in [-0.25, -0.2) is 0 Å². The number of aryl methyl sites for hydroxylation is 1. The monoisotopic (exact) mass is 293 g/mol. The molecule has 0 spiro atoms. The van der Waals surface area contributed by atoms with Gasteiger partial charge < -0.3 is 4.90 Å². The molecule has 2 nitrogen and oxygen atoms in total. The molecule has 0 aliphatic carbocycles. The Labute approximate surface area is 132 Å². The third kappa shape index (κ3) is 3.06. The third-order valence-electron chi connectivity index (χ3n) is 4.70. The summed E-state index contributed by atoms with van der Waals surface area (Å²) in [7, 11) is 0. The van der Waals surface area contributed by atoms with Crippen molar-refractivity contribution in [1.29, 1.82) is 0 Å². The summed E-state index contributed by atoms with van der Waals surface area (Å²) in [6, 6.07) is 19.0. The van der Waals surface area contributed by atoms with Gasteiger partial charge in [0, 0.05) is 12.5 Å². The van der Waals surface area contributed by atoms with Gasteiger partial charge in [-0.15, -0.1) is 0 Å². The fraction of sp³-hybridized carbons (Fsp3) is 0.350. The van der Waals surface area contributed by atoms with Crippen LogP contribution >= 0.6 is 0 Å². The molecule has 0 unspecified atom stereocenters. The van der Waals surface area contributed by atoms with E-state index in [2.05, 4.69) is 50.2 Å². The van der Waals surface area contributed by atoms with Gasteiger partial charge in [-0.2, -0.15) is 0 Å². The molecular formula is C20H23NO. The van der Waals surface area contributed by atoms with Crippen molar-refractivity contribution in [1.82, 2.24) is 4.90 Å². The maximum absolute atomic E-state index is 12.7. The molecule has 1 amide bonds. The Kier molecular flexibility index (Phi) is 4.28. The minimum Gasteiger partial charge on any atom is -0.336 e. The fourth-order valence-electron chi connectivity index (χ4n) is 3.26. The lowest BCUT2D eigenvalue weighted by Gasteiger charge is -2.25. The van der Waals surface area contributed by atoms with E-state index in [1.54, 1.807) is 0 Å². The van der Waals surface area contributed by atoms with Crippen molar-refractivity contribution in [2.24, 2.45) is 5.92 Å². The van der Waals surface area contributed by atoms with Crippen molar-refractivity contribution < 1.29 is 4.79 Å². The second-order valence-corrected chi connectivity index (χ2v) is 6.29. The van der Waals surface area contributed by atoms with Crippen molar-refractivity contribution in [2.75, 3.05) is 6.54 Å². The van der Waals surface area contributed by atoms with E-state index in [1.165, 1.54) is 16.7 Å². The molecule has 2 aromatic rings. The molecule has 1 aliphatic heterocycles. The van der Waals surface area contributed by atoms with E-state index in [-0.39, 0.29) is 12.0 Å². The highest BCUT2D eigenvalue weighted by molar-refractivity contribution is 5.81. The van der Waals surface area contributed by atoms with Gasteiger partial charge in [-0.1, -0.05) is 60.2 Å². The van der Waals surface area contributed by atoms with Crippen molar-refractivity contribution in [3.05, 3.63) is 71.3 Å². The van der Waals surface area contributed by atoms with Gasteiger partial charge in [-0.3, -0.25) is 4.79 Å². The van der Waals surface area contributed by atoms with E-state index in [1.807, 2.05) is 23.1 Å². The molecule has 1 heterocycles. The minimum absolute atomic E-state index is 0.133. The molecule has 0 radical (unpaired) electrons. The molecule has 2 aromatic carbocycles. The number of hydrogen-bond donors (Lipinski definition) is 0. The molecule has 1 aliphatic rings. The highest BCUT2D eigenvalue weighted by Gasteiger charge is 2.34. The molecule has 1 fully saturated rings. The number of benzene rings is 2. The first-order valence-corrected chi connectivity index (χ1v) is 8.06. The number of rotatable bonds is 4. The summed E-state index contributed by atoms with van der Waals surface area (Å²) < 4.78 is 0. The van der Waals surface area contributed by atoms with Gasteiger partial charge in [0.05, 0.1) is 6.04 Å². The van der Waals surface area contributed by atoms with E-state index in [0.717, 1.165) is 19.4 Å². The van der Waals surface area contributed by atoms with E-state index >= 15 is 0 Å². The zero-order chi connectivity index (χ0) is 15.5. The number of likely N-dealkylation sites (tertiary alicyclic amines) is 1. The Bertz CT molecular complexity index is 633. The Morgan fingerprint density at radius 1 is 1.09 bits per heavy atom. The summed E-state index contributed by atoms with van der Waals surface area (Å²) in [6.45, 7) is 5.08. The van der Waals surface area contributed by atoms with Crippen molar-refractivity contribution in [3.63, 3.8) is 0 Å². The number of nitrogens with zero attached hydrogens (tertiary/aromatic N) is 1. The summed E-state index contributed by atoms with van der Waals surface area (Å²) in [5.41, 5.74) is 3.74. The number of amides is 1. The molecule has 2 atom stereocenters. The Morgan fingerprint density at radius 3 is 2.45 bits per heavy atom. The molecule has 3 rings (SSSR count). The zero-order valence-electron chi connectivity index (χ0n) is 13.3. The van der Waals surface area contributed by atoms with Crippen LogP contribution in [-0.2, 0) is 11.2 Å². The highest BCUT2D eigenvalue weighted by Crippen LogP contribution is 2.30. The molecule has 1 saturated heterocycles. The Balaban J connectivity index is 1.68. The lowest BCUT2D eigenvalue weighted by molar-refractivity contribution is -0.132. The quantitative estimate of drug-likeness (QED) is 0.829. The van der Waals surface area contributed by atoms with Gasteiger partial charge in [0.1, 0.15) is 0 Å². The number of hydrogen-bond acceptors (Lipinski definition) is 1. The SMILES string of the molecule is Cc1ccc(C[C@@H]2CCN([C@H](C)c3ccccc3)C2=O)cc1. The van der Waals surface area contributed by atoms with Crippen LogP contribution < -0.4 is 0 Å². The molecule has 0 aromatic heterocycles. The topological polar surface area (TPSA) is 20.3 Å². The molecule has 2 heteroatoms. The first-order valence-electron chi connectivity index (χ1n) is 8.06. The summed E-state index contributed by atoms with van der Waals surface area (Å²) in [6.07, 6.45) is 1.82. The van der Waals surface area contributed by atoms with Crippen LogP contribution in [0.4, 0.5) is 0 Å². The average molecular weight is 293 g/mol. The van der Waals surface area contributed by atoms with Crippen LogP contribution in [0.25, 0.3) is 0 Å². The second kappa shape index (κ2) is 6.35. The molecule has 114 valence electrons. The van der Waals surface area contributed by atoms with E-state index < -0.39 is 0 Å². The second-order valence-electron chi connectivity index (χ2n) is 6.29. The first kappa shape index (κ1) is 14.8. The largest absolute Gasteiger partial charge is 0.336 e. The predicted octanol–water partition coefficient (Wildman–Crippen LogP) is 4.15. The summed E-state index contributed by atoms with van der Waals surface area (Å²) >= 11 is 0. The number of carbonyl (C=O) groups is 1. The van der Waals surface area contributed by atoms with Crippen LogP contribution in [0.1, 0.15) is 36.1 Å². The highest BCUT2D eigenvalue weighted by atomic mass is 16.2. The van der Waals surface area contributed by atoms with Gasteiger partial charge in [0.25, 0.3) is 0 Å².